The number of carbonyl (C=O) groups excluding carboxylic acids is 4. The molecule has 0 aromatic heterocycles. The Morgan fingerprint density at radius 1 is 0.300 bits per heavy atom. The lowest BCUT2D eigenvalue weighted by atomic mass is 10.0. The van der Waals surface area contributed by atoms with Crippen LogP contribution in [-0.2, 0) is 65.4 Å². The minimum absolute atomic E-state index is 0.104. The molecule has 90 heavy (non-hydrogen) atoms. The van der Waals surface area contributed by atoms with Crippen molar-refractivity contribution < 1.29 is 80.2 Å². The normalized spacial score (nSPS) is 14.2. The molecule has 0 saturated carbocycles. The zero-order valence-electron chi connectivity index (χ0n) is 58.6. The molecule has 0 aliphatic carbocycles. The average molecular weight is 1330 g/mol. The van der Waals surface area contributed by atoms with Gasteiger partial charge in [-0.25, -0.2) is 9.13 Å². The van der Waals surface area contributed by atoms with Gasteiger partial charge in [0.2, 0.25) is 0 Å². The van der Waals surface area contributed by atoms with E-state index in [4.69, 9.17) is 37.0 Å². The lowest BCUT2D eigenvalue weighted by Gasteiger charge is -2.21. The molecule has 3 N–H and O–H groups in total. The third kappa shape index (κ3) is 64.8. The number of phosphoric ester groups is 2. The Bertz CT molecular complexity index is 1770. The van der Waals surface area contributed by atoms with Gasteiger partial charge in [0.15, 0.2) is 12.2 Å². The van der Waals surface area contributed by atoms with Crippen molar-refractivity contribution in [2.75, 3.05) is 39.6 Å². The third-order valence-corrected chi connectivity index (χ3v) is 18.3. The molecule has 19 heteroatoms. The average Bonchev–Trinajstić information content (AvgIpc) is 3.64. The summed E-state index contributed by atoms with van der Waals surface area (Å²) in [6.07, 6.45) is 45.9. The highest BCUT2D eigenvalue weighted by Gasteiger charge is 2.30. The minimum Gasteiger partial charge on any atom is -0.462 e. The maximum Gasteiger partial charge on any atom is 0.472 e. The molecule has 0 radical (unpaired) electrons. The predicted molar refractivity (Wildman–Crippen MR) is 363 cm³/mol. The summed E-state index contributed by atoms with van der Waals surface area (Å²) < 4.78 is 68.3. The van der Waals surface area contributed by atoms with Crippen molar-refractivity contribution in [3.8, 4) is 0 Å². The largest absolute Gasteiger partial charge is 0.472 e. The molecule has 0 aliphatic heterocycles. The SMILES string of the molecule is CCCCCCCCCCC(=O)OC[C@H](COP(=O)(O)OC[C@H](O)COP(=O)(O)OC[C@@H](COC(=O)CCCCCCCCCCCCCC(C)C)OC(=O)CCCCCCCCCCCCCCCCC(C)C)OC(=O)CCCCCCCCCCC(C)C. The summed E-state index contributed by atoms with van der Waals surface area (Å²) >= 11 is 0. The second kappa shape index (κ2) is 61.9. The van der Waals surface area contributed by atoms with E-state index < -0.39 is 97.5 Å². The zero-order chi connectivity index (χ0) is 66.6. The topological polar surface area (TPSA) is 237 Å². The summed E-state index contributed by atoms with van der Waals surface area (Å²) in [4.78, 5) is 72.5. The molecule has 17 nitrogen and oxygen atoms in total. The van der Waals surface area contributed by atoms with Gasteiger partial charge in [0, 0.05) is 25.7 Å². The first-order valence-corrected chi connectivity index (χ1v) is 39.8. The van der Waals surface area contributed by atoms with Crippen molar-refractivity contribution >= 4 is 39.5 Å². The Balaban J connectivity index is 5.22. The van der Waals surface area contributed by atoms with Gasteiger partial charge in [-0.1, -0.05) is 305 Å². The van der Waals surface area contributed by atoms with E-state index in [0.29, 0.717) is 25.7 Å². The van der Waals surface area contributed by atoms with Gasteiger partial charge in [-0.2, -0.15) is 0 Å². The van der Waals surface area contributed by atoms with Crippen LogP contribution < -0.4 is 0 Å². The van der Waals surface area contributed by atoms with Gasteiger partial charge in [0.1, 0.15) is 19.3 Å². The van der Waals surface area contributed by atoms with E-state index in [1.807, 2.05) is 0 Å². The maximum absolute atomic E-state index is 13.0. The molecule has 0 aromatic carbocycles. The van der Waals surface area contributed by atoms with E-state index in [0.717, 1.165) is 114 Å². The van der Waals surface area contributed by atoms with Crippen LogP contribution in [0.2, 0.25) is 0 Å². The van der Waals surface area contributed by atoms with Crippen LogP contribution in [0.5, 0.6) is 0 Å². The second-order valence-corrected chi connectivity index (χ2v) is 30.0. The first-order valence-electron chi connectivity index (χ1n) is 36.8. The molecule has 2 unspecified atom stereocenters. The number of hydrogen-bond donors (Lipinski definition) is 3. The summed E-state index contributed by atoms with van der Waals surface area (Å²) in [5, 5.41) is 10.6. The lowest BCUT2D eigenvalue weighted by molar-refractivity contribution is -0.161. The summed E-state index contributed by atoms with van der Waals surface area (Å²) in [6.45, 7) is 11.8. The number of rotatable bonds is 69. The van der Waals surface area contributed by atoms with Crippen LogP contribution in [0.15, 0.2) is 0 Å². The fraction of sp³-hybridized carbons (Fsp3) is 0.944. The number of aliphatic hydroxyl groups excluding tert-OH is 1. The molecule has 0 amide bonds. The maximum atomic E-state index is 13.0. The van der Waals surface area contributed by atoms with Crippen LogP contribution in [0.3, 0.4) is 0 Å². The smallest absolute Gasteiger partial charge is 0.462 e. The summed E-state index contributed by atoms with van der Waals surface area (Å²) in [5.74, 6) is 0.156. The monoisotopic (exact) mass is 1320 g/mol. The van der Waals surface area contributed by atoms with E-state index in [1.165, 1.54) is 161 Å². The number of hydrogen-bond acceptors (Lipinski definition) is 15. The molecule has 0 spiro atoms. The fourth-order valence-electron chi connectivity index (χ4n) is 10.7. The molecule has 0 saturated heterocycles. The first-order chi connectivity index (χ1) is 43.2. The third-order valence-electron chi connectivity index (χ3n) is 16.4. The lowest BCUT2D eigenvalue weighted by Crippen LogP contribution is -2.30. The number of esters is 4. The second-order valence-electron chi connectivity index (χ2n) is 27.1. The van der Waals surface area contributed by atoms with E-state index in [-0.39, 0.29) is 25.7 Å². The van der Waals surface area contributed by atoms with E-state index in [1.54, 1.807) is 0 Å². The molecule has 0 bridgehead atoms. The molecule has 5 atom stereocenters. The summed E-state index contributed by atoms with van der Waals surface area (Å²) in [7, 11) is -9.90. The minimum atomic E-state index is -4.95. The highest BCUT2D eigenvalue weighted by atomic mass is 31.2. The molecular weight excluding hydrogens is 1190 g/mol. The molecular formula is C71H138O17P2. The van der Waals surface area contributed by atoms with Crippen molar-refractivity contribution in [1.82, 2.24) is 0 Å². The zero-order valence-corrected chi connectivity index (χ0v) is 60.4. The van der Waals surface area contributed by atoms with Crippen LogP contribution >= 0.6 is 15.6 Å². The summed E-state index contributed by atoms with van der Waals surface area (Å²) in [5.41, 5.74) is 0. The highest BCUT2D eigenvalue weighted by molar-refractivity contribution is 7.47. The van der Waals surface area contributed by atoms with Crippen LogP contribution in [0.4, 0.5) is 0 Å². The molecule has 534 valence electrons. The van der Waals surface area contributed by atoms with Crippen molar-refractivity contribution in [2.24, 2.45) is 17.8 Å². The number of aliphatic hydroxyl groups is 1. The Kier molecular flexibility index (Phi) is 60.6. The molecule has 0 fully saturated rings. The quantitative estimate of drug-likeness (QED) is 0.0222. The Labute approximate surface area is 549 Å². The van der Waals surface area contributed by atoms with Gasteiger partial charge in [0.25, 0.3) is 0 Å². The molecule has 0 heterocycles. The van der Waals surface area contributed by atoms with Gasteiger partial charge < -0.3 is 33.8 Å². The van der Waals surface area contributed by atoms with E-state index in [9.17, 15) is 43.2 Å². The number of ether oxygens (including phenoxy) is 4. The van der Waals surface area contributed by atoms with Crippen LogP contribution in [-0.4, -0.2) is 96.7 Å². The Morgan fingerprint density at radius 3 is 0.756 bits per heavy atom. The Hall–Kier alpha value is -1.94. The van der Waals surface area contributed by atoms with Gasteiger partial charge in [-0.3, -0.25) is 37.3 Å². The van der Waals surface area contributed by atoms with Crippen LogP contribution in [0.25, 0.3) is 0 Å². The van der Waals surface area contributed by atoms with Crippen molar-refractivity contribution in [3.63, 3.8) is 0 Å². The standard InChI is InChI=1S/C71H138O17P2/c1-8-9-10-11-12-31-38-45-52-68(73)81-58-66(88-71(76)55-48-41-34-27-26-30-37-44-51-64(6)7)60-85-89(77,78)83-56-65(72)57-84-90(79,80)86-61-67(59-82-69(74)53-46-39-32-24-21-17-19-23-29-36-43-50-63(4)5)87-70(75)54-47-40-33-25-20-16-14-13-15-18-22-28-35-42-49-62(2)3/h62-67,72H,8-61H2,1-7H3,(H,77,78)(H,79,80)/t65-,66+,67+/m0/s1. The molecule has 0 aromatic rings. The van der Waals surface area contributed by atoms with Crippen molar-refractivity contribution in [1.29, 1.82) is 0 Å². The highest BCUT2D eigenvalue weighted by Crippen LogP contribution is 2.45. The van der Waals surface area contributed by atoms with Gasteiger partial charge >= 0.3 is 39.5 Å². The molecule has 0 rings (SSSR count). The number of phosphoric acid groups is 2. The van der Waals surface area contributed by atoms with Crippen molar-refractivity contribution in [2.45, 2.75) is 375 Å². The van der Waals surface area contributed by atoms with Gasteiger partial charge in [-0.15, -0.1) is 0 Å². The number of carbonyl (C=O) groups is 4. The fourth-order valence-corrected chi connectivity index (χ4v) is 12.3. The summed E-state index contributed by atoms with van der Waals surface area (Å²) in [6, 6.07) is 0. The number of unbranched alkanes of at least 4 members (excludes halogenated alkanes) is 37. The first kappa shape index (κ1) is 88.1. The van der Waals surface area contributed by atoms with Gasteiger partial charge in [0.05, 0.1) is 26.4 Å². The van der Waals surface area contributed by atoms with Crippen molar-refractivity contribution in [3.05, 3.63) is 0 Å². The van der Waals surface area contributed by atoms with E-state index in [2.05, 4.69) is 48.5 Å². The van der Waals surface area contributed by atoms with Crippen LogP contribution in [0.1, 0.15) is 357 Å². The van der Waals surface area contributed by atoms with E-state index >= 15 is 0 Å². The molecule has 0 aliphatic rings. The van der Waals surface area contributed by atoms with Gasteiger partial charge in [-0.05, 0) is 43.4 Å². The van der Waals surface area contributed by atoms with Crippen LogP contribution in [0, 0.1) is 17.8 Å². The predicted octanol–water partition coefficient (Wildman–Crippen LogP) is 20.2. The Morgan fingerprint density at radius 2 is 0.511 bits per heavy atom.